The molecule has 0 radical (unpaired) electrons. The smallest absolute Gasteiger partial charge is 0.255 e. The number of fused-ring (bicyclic) bond motifs is 1. The summed E-state index contributed by atoms with van der Waals surface area (Å²) in [4.78, 5) is 25.1. The van der Waals surface area contributed by atoms with Gasteiger partial charge in [-0.1, -0.05) is 6.07 Å². The highest BCUT2D eigenvalue weighted by molar-refractivity contribution is 6.07. The predicted molar refractivity (Wildman–Crippen MR) is 126 cm³/mol. The van der Waals surface area contributed by atoms with Gasteiger partial charge in [-0.25, -0.2) is 9.97 Å². The van der Waals surface area contributed by atoms with E-state index < -0.39 is 0 Å². The number of rotatable bonds is 6. The summed E-state index contributed by atoms with van der Waals surface area (Å²) in [5.74, 6) is 2.88. The number of aromatic nitrogens is 3. The molecule has 3 heterocycles. The highest BCUT2D eigenvalue weighted by atomic mass is 16.5. The topological polar surface area (TPSA) is 115 Å². The van der Waals surface area contributed by atoms with Crippen molar-refractivity contribution in [3.63, 3.8) is 0 Å². The largest absolute Gasteiger partial charge is 0.460 e. The van der Waals surface area contributed by atoms with E-state index in [0.29, 0.717) is 40.4 Å². The van der Waals surface area contributed by atoms with Gasteiger partial charge in [0.25, 0.3) is 5.91 Å². The van der Waals surface area contributed by atoms with E-state index in [0.717, 1.165) is 22.4 Å². The lowest BCUT2D eigenvalue weighted by atomic mass is 10.1. The maximum atomic E-state index is 12.1. The van der Waals surface area contributed by atoms with Crippen LogP contribution in [-0.4, -0.2) is 27.9 Å². The third-order valence-electron chi connectivity index (χ3n) is 5.13. The SMILES string of the molecule is CNC(=O)c1c(C)oc2cc(Oc3ccnc(Nc4cccc(-c5ncc(C)o5)c4)n3)ccc12. The van der Waals surface area contributed by atoms with Crippen LogP contribution in [0.25, 0.3) is 22.4 Å². The molecule has 0 aliphatic heterocycles. The summed E-state index contributed by atoms with van der Waals surface area (Å²) in [6.45, 7) is 3.61. The van der Waals surface area contributed by atoms with E-state index in [1.54, 1.807) is 50.6 Å². The number of hydrogen-bond acceptors (Lipinski definition) is 8. The van der Waals surface area contributed by atoms with Crippen molar-refractivity contribution in [1.29, 1.82) is 0 Å². The zero-order valence-electron chi connectivity index (χ0n) is 18.7. The van der Waals surface area contributed by atoms with Crippen molar-refractivity contribution in [3.05, 3.63) is 78.0 Å². The van der Waals surface area contributed by atoms with Crippen molar-refractivity contribution in [1.82, 2.24) is 20.3 Å². The number of oxazole rings is 1. The second kappa shape index (κ2) is 8.70. The Morgan fingerprint density at radius 3 is 2.71 bits per heavy atom. The minimum Gasteiger partial charge on any atom is -0.460 e. The van der Waals surface area contributed by atoms with E-state index in [2.05, 4.69) is 25.6 Å². The number of nitrogens with zero attached hydrogens (tertiary/aromatic N) is 3. The Kier molecular flexibility index (Phi) is 5.43. The fourth-order valence-corrected chi connectivity index (χ4v) is 3.60. The molecule has 9 nitrogen and oxygen atoms in total. The van der Waals surface area contributed by atoms with E-state index >= 15 is 0 Å². The van der Waals surface area contributed by atoms with Crippen molar-refractivity contribution < 1.29 is 18.4 Å². The van der Waals surface area contributed by atoms with Gasteiger partial charge in [-0.05, 0) is 44.2 Å². The summed E-state index contributed by atoms with van der Waals surface area (Å²) in [5.41, 5.74) is 2.68. The second-order valence-corrected chi connectivity index (χ2v) is 7.57. The molecule has 0 fully saturated rings. The lowest BCUT2D eigenvalue weighted by Crippen LogP contribution is -2.18. The molecule has 170 valence electrons. The summed E-state index contributed by atoms with van der Waals surface area (Å²) in [7, 11) is 1.59. The normalized spacial score (nSPS) is 10.9. The number of hydrogen-bond donors (Lipinski definition) is 2. The van der Waals surface area contributed by atoms with Crippen LogP contribution in [0.2, 0.25) is 0 Å². The molecule has 1 amide bonds. The number of carbonyl (C=O) groups excluding carboxylic acids is 1. The van der Waals surface area contributed by atoms with Crippen LogP contribution in [0, 0.1) is 13.8 Å². The van der Waals surface area contributed by atoms with E-state index in [1.807, 2.05) is 31.2 Å². The molecule has 34 heavy (non-hydrogen) atoms. The first-order chi connectivity index (χ1) is 16.5. The number of ether oxygens (including phenoxy) is 1. The standard InChI is InChI=1S/C25H21N5O4/c1-14-13-28-24(32-14)16-5-4-6-17(11-16)29-25-27-10-9-21(30-25)34-18-7-8-19-20(12-18)33-15(2)22(19)23(31)26-3/h4-13H,1-3H3,(H,26,31)(H,27,29,30). The molecular weight excluding hydrogens is 434 g/mol. The van der Waals surface area contributed by atoms with E-state index in [4.69, 9.17) is 13.6 Å². The molecule has 3 aromatic heterocycles. The maximum absolute atomic E-state index is 12.1. The van der Waals surface area contributed by atoms with Crippen molar-refractivity contribution in [2.75, 3.05) is 12.4 Å². The van der Waals surface area contributed by atoms with Crippen LogP contribution in [0.1, 0.15) is 21.9 Å². The summed E-state index contributed by atoms with van der Waals surface area (Å²) in [6.07, 6.45) is 3.28. The third-order valence-corrected chi connectivity index (χ3v) is 5.13. The monoisotopic (exact) mass is 455 g/mol. The van der Waals surface area contributed by atoms with Crippen LogP contribution >= 0.6 is 0 Å². The number of nitrogens with one attached hydrogen (secondary N) is 2. The lowest BCUT2D eigenvalue weighted by Gasteiger charge is -2.08. The minimum absolute atomic E-state index is 0.196. The van der Waals surface area contributed by atoms with Gasteiger partial charge >= 0.3 is 0 Å². The molecular formula is C25H21N5O4. The Morgan fingerprint density at radius 2 is 1.91 bits per heavy atom. The van der Waals surface area contributed by atoms with Crippen LogP contribution in [0.5, 0.6) is 11.6 Å². The molecule has 0 aliphatic carbocycles. The van der Waals surface area contributed by atoms with Crippen molar-refractivity contribution in [3.8, 4) is 23.1 Å². The Bertz CT molecular complexity index is 1500. The van der Waals surface area contributed by atoms with Gasteiger partial charge in [0.05, 0.1) is 11.8 Å². The molecule has 0 saturated heterocycles. The Balaban J connectivity index is 1.36. The molecule has 0 saturated carbocycles. The van der Waals surface area contributed by atoms with E-state index in [9.17, 15) is 4.79 Å². The molecule has 0 bridgehead atoms. The van der Waals surface area contributed by atoms with Crippen LogP contribution in [-0.2, 0) is 0 Å². The Labute approximate surface area is 194 Å². The number of amides is 1. The van der Waals surface area contributed by atoms with Crippen molar-refractivity contribution in [2.24, 2.45) is 0 Å². The van der Waals surface area contributed by atoms with Gasteiger partial charge in [0.2, 0.25) is 17.7 Å². The van der Waals surface area contributed by atoms with Gasteiger partial charge < -0.3 is 24.2 Å². The van der Waals surface area contributed by atoms with Gasteiger partial charge in [-0.15, -0.1) is 0 Å². The molecule has 2 aromatic carbocycles. The molecule has 2 N–H and O–H groups in total. The summed E-state index contributed by atoms with van der Waals surface area (Å²) in [6, 6.07) is 14.6. The zero-order chi connectivity index (χ0) is 23.7. The summed E-state index contributed by atoms with van der Waals surface area (Å²) < 4.78 is 17.3. The first-order valence-electron chi connectivity index (χ1n) is 10.6. The minimum atomic E-state index is -0.196. The molecule has 9 heteroatoms. The van der Waals surface area contributed by atoms with Gasteiger partial charge in [0.15, 0.2) is 0 Å². The third kappa shape index (κ3) is 4.18. The fourth-order valence-electron chi connectivity index (χ4n) is 3.60. The highest BCUT2D eigenvalue weighted by Gasteiger charge is 2.17. The van der Waals surface area contributed by atoms with E-state index in [-0.39, 0.29) is 5.91 Å². The average molecular weight is 455 g/mol. The summed E-state index contributed by atoms with van der Waals surface area (Å²) >= 11 is 0. The number of carbonyl (C=O) groups is 1. The molecule has 0 unspecified atom stereocenters. The van der Waals surface area contributed by atoms with Crippen LogP contribution in [0.15, 0.2) is 69.8 Å². The van der Waals surface area contributed by atoms with Crippen LogP contribution < -0.4 is 15.4 Å². The number of anilines is 2. The number of benzene rings is 2. The summed E-state index contributed by atoms with van der Waals surface area (Å²) in [5, 5.41) is 6.52. The highest BCUT2D eigenvalue weighted by Crippen LogP contribution is 2.31. The number of furan rings is 1. The molecule has 5 rings (SSSR count). The van der Waals surface area contributed by atoms with Gasteiger partial charge in [0.1, 0.15) is 22.9 Å². The fraction of sp³-hybridized carbons (Fsp3) is 0.120. The molecule has 0 spiro atoms. The average Bonchev–Trinajstić information content (AvgIpc) is 3.41. The number of aryl methyl sites for hydroxylation is 2. The lowest BCUT2D eigenvalue weighted by molar-refractivity contribution is 0.0963. The van der Waals surface area contributed by atoms with Gasteiger partial charge in [-0.2, -0.15) is 4.98 Å². The quantitative estimate of drug-likeness (QED) is 0.350. The first kappa shape index (κ1) is 21.2. The van der Waals surface area contributed by atoms with E-state index in [1.165, 1.54) is 0 Å². The molecule has 0 atom stereocenters. The van der Waals surface area contributed by atoms with Crippen LogP contribution in [0.3, 0.4) is 0 Å². The second-order valence-electron chi connectivity index (χ2n) is 7.57. The van der Waals surface area contributed by atoms with Gasteiger partial charge in [0, 0.05) is 42.0 Å². The molecule has 0 aliphatic rings. The van der Waals surface area contributed by atoms with Crippen molar-refractivity contribution >= 4 is 28.5 Å². The van der Waals surface area contributed by atoms with Gasteiger partial charge in [-0.3, -0.25) is 4.79 Å². The first-order valence-corrected chi connectivity index (χ1v) is 10.6. The van der Waals surface area contributed by atoms with Crippen molar-refractivity contribution in [2.45, 2.75) is 13.8 Å². The Hall–Kier alpha value is -4.66. The zero-order valence-corrected chi connectivity index (χ0v) is 18.7. The Morgan fingerprint density at radius 1 is 1.03 bits per heavy atom. The molecule has 5 aromatic rings. The predicted octanol–water partition coefficient (Wildman–Crippen LogP) is 5.39. The van der Waals surface area contributed by atoms with Crippen LogP contribution in [0.4, 0.5) is 11.6 Å². The maximum Gasteiger partial charge on any atom is 0.255 e.